The van der Waals surface area contributed by atoms with Crippen molar-refractivity contribution in [2.75, 3.05) is 19.6 Å². The van der Waals surface area contributed by atoms with E-state index in [1.54, 1.807) is 4.90 Å². The number of rotatable bonds is 5. The average Bonchev–Trinajstić information content (AvgIpc) is 2.94. The maximum Gasteiger partial charge on any atom is 0.265 e. The van der Waals surface area contributed by atoms with Crippen LogP contribution in [0.3, 0.4) is 0 Å². The summed E-state index contributed by atoms with van der Waals surface area (Å²) >= 11 is 0. The van der Waals surface area contributed by atoms with Crippen molar-refractivity contribution in [3.63, 3.8) is 0 Å². The Bertz CT molecular complexity index is 721. The summed E-state index contributed by atoms with van der Waals surface area (Å²) in [5, 5.41) is 2.30. The van der Waals surface area contributed by atoms with Gasteiger partial charge in [0.1, 0.15) is 12.6 Å². The molecule has 9 heteroatoms. The van der Waals surface area contributed by atoms with E-state index >= 15 is 0 Å². The summed E-state index contributed by atoms with van der Waals surface area (Å²) < 4.78 is 0.938. The number of nitrogens with one attached hydrogen (secondary N) is 1. The van der Waals surface area contributed by atoms with Gasteiger partial charge in [-0.3, -0.25) is 24.3 Å². The lowest BCUT2D eigenvalue weighted by atomic mass is 10.1. The van der Waals surface area contributed by atoms with E-state index < -0.39 is 23.1 Å². The van der Waals surface area contributed by atoms with E-state index in [2.05, 4.69) is 5.10 Å². The number of carbonyl (C=O) groups is 2. The molecule has 0 aromatic carbocycles. The number of amides is 2. The van der Waals surface area contributed by atoms with Crippen molar-refractivity contribution in [2.45, 2.75) is 38.9 Å². The van der Waals surface area contributed by atoms with Crippen molar-refractivity contribution >= 4 is 11.8 Å². The van der Waals surface area contributed by atoms with Crippen LogP contribution in [0.2, 0.25) is 0 Å². The molecule has 0 aliphatic carbocycles. The average molecular weight is 337 g/mol. The predicted molar refractivity (Wildman–Crippen MR) is 87.3 cm³/mol. The molecule has 1 fully saturated rings. The molecule has 1 aliphatic rings. The van der Waals surface area contributed by atoms with Gasteiger partial charge in [-0.25, -0.2) is 4.68 Å². The van der Waals surface area contributed by atoms with Crippen molar-refractivity contribution in [2.24, 2.45) is 5.73 Å². The van der Waals surface area contributed by atoms with E-state index in [-0.39, 0.29) is 25.0 Å². The molecule has 1 saturated heterocycles. The van der Waals surface area contributed by atoms with Gasteiger partial charge in [0.15, 0.2) is 0 Å². The molecule has 2 atom stereocenters. The molecule has 1 aromatic rings. The van der Waals surface area contributed by atoms with Crippen LogP contribution in [0.1, 0.15) is 20.3 Å². The number of H-pyrrole nitrogens is 1. The highest BCUT2D eigenvalue weighted by molar-refractivity contribution is 5.88. The number of aromatic nitrogens is 2. The van der Waals surface area contributed by atoms with E-state index in [1.165, 1.54) is 4.90 Å². The van der Waals surface area contributed by atoms with Crippen LogP contribution in [0.4, 0.5) is 0 Å². The lowest BCUT2D eigenvalue weighted by Gasteiger charge is -2.29. The fourth-order valence-electron chi connectivity index (χ4n) is 2.93. The van der Waals surface area contributed by atoms with Crippen LogP contribution in [0, 0.1) is 0 Å². The molecule has 2 amide bonds. The molecule has 132 valence electrons. The summed E-state index contributed by atoms with van der Waals surface area (Å²) in [6.07, 6.45) is 0.390. The van der Waals surface area contributed by atoms with Gasteiger partial charge in [0.05, 0.1) is 0 Å². The number of aromatic amines is 1. The third-order valence-electron chi connectivity index (χ3n) is 4.20. The summed E-state index contributed by atoms with van der Waals surface area (Å²) in [6.45, 7) is 4.77. The number of hydrogen-bond donors (Lipinski definition) is 2. The second kappa shape index (κ2) is 7.43. The van der Waals surface area contributed by atoms with E-state index in [1.807, 2.05) is 13.8 Å². The Morgan fingerprint density at radius 1 is 1.29 bits per heavy atom. The minimum absolute atomic E-state index is 0.143. The fourth-order valence-corrected chi connectivity index (χ4v) is 2.93. The van der Waals surface area contributed by atoms with Crippen LogP contribution < -0.4 is 16.9 Å². The van der Waals surface area contributed by atoms with Crippen molar-refractivity contribution < 1.29 is 9.59 Å². The monoisotopic (exact) mass is 337 g/mol. The molecule has 0 bridgehead atoms. The smallest absolute Gasteiger partial charge is 0.265 e. The molecule has 1 aliphatic heterocycles. The Kier molecular flexibility index (Phi) is 5.55. The van der Waals surface area contributed by atoms with Gasteiger partial charge in [-0.15, -0.1) is 0 Å². The van der Waals surface area contributed by atoms with Crippen LogP contribution in [0.5, 0.6) is 0 Å². The number of carbonyl (C=O) groups excluding carboxylic acids is 2. The maximum atomic E-state index is 12.6. The van der Waals surface area contributed by atoms with Gasteiger partial charge in [0.25, 0.3) is 11.1 Å². The van der Waals surface area contributed by atoms with Crippen LogP contribution >= 0.6 is 0 Å². The Morgan fingerprint density at radius 2 is 1.96 bits per heavy atom. The van der Waals surface area contributed by atoms with Crippen molar-refractivity contribution in [1.82, 2.24) is 19.6 Å². The topological polar surface area (TPSA) is 121 Å². The molecule has 0 radical (unpaired) electrons. The van der Waals surface area contributed by atoms with Crippen LogP contribution in [0.25, 0.3) is 0 Å². The number of nitrogens with zero attached hydrogens (tertiary/aromatic N) is 3. The molecule has 2 rings (SSSR count). The SMILES string of the molecule is CCN(CC)C(=O)[C@@H]1C[C@H](N)CN1C(=O)Cn1[nH]c(=O)ccc1=O. The van der Waals surface area contributed by atoms with Crippen molar-refractivity contribution in [1.29, 1.82) is 0 Å². The molecule has 9 nitrogen and oxygen atoms in total. The highest BCUT2D eigenvalue weighted by Gasteiger charge is 2.39. The second-order valence-corrected chi connectivity index (χ2v) is 5.80. The van der Waals surface area contributed by atoms with Crippen molar-refractivity contribution in [3.8, 4) is 0 Å². The zero-order chi connectivity index (χ0) is 17.9. The fraction of sp³-hybridized carbons (Fsp3) is 0.600. The molecule has 0 saturated carbocycles. The molecule has 3 N–H and O–H groups in total. The molecule has 0 unspecified atom stereocenters. The van der Waals surface area contributed by atoms with Gasteiger partial charge in [-0.05, 0) is 20.3 Å². The zero-order valence-corrected chi connectivity index (χ0v) is 13.9. The van der Waals surface area contributed by atoms with E-state index in [0.29, 0.717) is 19.5 Å². The first-order valence-electron chi connectivity index (χ1n) is 8.01. The molecular weight excluding hydrogens is 314 g/mol. The first-order chi connectivity index (χ1) is 11.4. The van der Waals surface area contributed by atoms with Gasteiger partial charge in [-0.1, -0.05) is 0 Å². The van der Waals surface area contributed by atoms with E-state index in [0.717, 1.165) is 16.8 Å². The Labute approximate surface area is 139 Å². The van der Waals surface area contributed by atoms with Gasteiger partial charge >= 0.3 is 0 Å². The predicted octanol–water partition coefficient (Wildman–Crippen LogP) is -1.67. The molecule has 0 spiro atoms. The summed E-state index contributed by atoms with van der Waals surface area (Å²) in [7, 11) is 0. The molecule has 24 heavy (non-hydrogen) atoms. The van der Waals surface area contributed by atoms with E-state index in [4.69, 9.17) is 5.73 Å². The molecular formula is C15H23N5O4. The number of likely N-dealkylation sites (tertiary alicyclic amines) is 1. The third-order valence-corrected chi connectivity index (χ3v) is 4.20. The van der Waals surface area contributed by atoms with Gasteiger partial charge in [0, 0.05) is 37.8 Å². The zero-order valence-electron chi connectivity index (χ0n) is 13.9. The lowest BCUT2D eigenvalue weighted by Crippen LogP contribution is -2.49. The number of likely N-dealkylation sites (N-methyl/N-ethyl adjacent to an activating group) is 1. The summed E-state index contributed by atoms with van der Waals surface area (Å²) in [5.74, 6) is -0.562. The van der Waals surface area contributed by atoms with Gasteiger partial charge in [0.2, 0.25) is 11.8 Å². The van der Waals surface area contributed by atoms with Gasteiger partial charge < -0.3 is 15.5 Å². The van der Waals surface area contributed by atoms with Crippen LogP contribution in [-0.4, -0.2) is 63.1 Å². The summed E-state index contributed by atoms with van der Waals surface area (Å²) in [5.41, 5.74) is 4.97. The number of hydrogen-bond acceptors (Lipinski definition) is 5. The standard InChI is InChI=1S/C15H23N5O4/c1-3-18(4-2)15(24)11-7-10(16)8-19(11)14(23)9-20-13(22)6-5-12(21)17-20/h5-6,10-11H,3-4,7-9,16H2,1-2H3,(H,17,21)/t10-,11-/m0/s1. The highest BCUT2D eigenvalue weighted by Crippen LogP contribution is 2.19. The summed E-state index contributed by atoms with van der Waals surface area (Å²) in [6, 6.07) is 1.28. The largest absolute Gasteiger partial charge is 0.341 e. The highest BCUT2D eigenvalue weighted by atomic mass is 16.2. The van der Waals surface area contributed by atoms with Gasteiger partial charge in [-0.2, -0.15) is 0 Å². The van der Waals surface area contributed by atoms with Crippen LogP contribution in [-0.2, 0) is 16.1 Å². The Hall–Kier alpha value is -2.42. The molecule has 2 heterocycles. The first-order valence-corrected chi connectivity index (χ1v) is 8.01. The maximum absolute atomic E-state index is 12.6. The Morgan fingerprint density at radius 3 is 2.58 bits per heavy atom. The lowest BCUT2D eigenvalue weighted by molar-refractivity contribution is -0.144. The second-order valence-electron chi connectivity index (χ2n) is 5.80. The normalized spacial score (nSPS) is 20.2. The van der Waals surface area contributed by atoms with Crippen molar-refractivity contribution in [3.05, 3.63) is 32.8 Å². The third kappa shape index (κ3) is 3.73. The Balaban J connectivity index is 2.20. The first kappa shape index (κ1) is 17.9. The number of nitrogens with two attached hydrogens (primary N) is 1. The quantitative estimate of drug-likeness (QED) is 0.665. The van der Waals surface area contributed by atoms with Crippen LogP contribution in [0.15, 0.2) is 21.7 Å². The molecule has 1 aromatic heterocycles. The van der Waals surface area contributed by atoms with E-state index in [9.17, 15) is 19.2 Å². The minimum Gasteiger partial charge on any atom is -0.341 e. The minimum atomic E-state index is -0.626. The summed E-state index contributed by atoms with van der Waals surface area (Å²) in [4.78, 5) is 51.2.